The molecule has 0 aromatic rings. The second-order valence-corrected chi connectivity index (χ2v) is 25.3. The zero-order chi connectivity index (χ0) is 59.1. The fraction of sp³-hybridized carbons (Fsp3) is 0.736. The molecule has 0 fully saturated rings. The van der Waals surface area contributed by atoms with Gasteiger partial charge in [-0.25, -0.2) is 4.57 Å². The Morgan fingerprint density at radius 1 is 0.432 bits per heavy atom. The van der Waals surface area contributed by atoms with E-state index in [2.05, 4.69) is 116 Å². The van der Waals surface area contributed by atoms with E-state index < -0.39 is 20.0 Å². The fourth-order valence-corrected chi connectivity index (χ4v) is 10.3. The summed E-state index contributed by atoms with van der Waals surface area (Å²) in [4.78, 5) is 23.4. The number of amides is 1. The molecule has 0 saturated heterocycles. The van der Waals surface area contributed by atoms with E-state index in [0.29, 0.717) is 17.4 Å². The number of hydrogen-bond acceptors (Lipinski definition) is 5. The van der Waals surface area contributed by atoms with Crippen LogP contribution in [0.1, 0.15) is 290 Å². The van der Waals surface area contributed by atoms with Crippen LogP contribution in [0.4, 0.5) is 0 Å². The molecule has 1 amide bonds. The van der Waals surface area contributed by atoms with Gasteiger partial charge in [0.05, 0.1) is 39.9 Å². The third kappa shape index (κ3) is 64.6. The molecule has 81 heavy (non-hydrogen) atoms. The highest BCUT2D eigenvalue weighted by molar-refractivity contribution is 7.47. The molecule has 468 valence electrons. The summed E-state index contributed by atoms with van der Waals surface area (Å²) in [5.41, 5.74) is 0. The number of allylic oxidation sites excluding steroid dienone is 17. The van der Waals surface area contributed by atoms with Crippen molar-refractivity contribution < 1.29 is 32.9 Å². The van der Waals surface area contributed by atoms with Crippen LogP contribution in [0.3, 0.4) is 0 Å². The maximum Gasteiger partial charge on any atom is 0.472 e. The van der Waals surface area contributed by atoms with Crippen LogP contribution in [0, 0.1) is 0 Å². The molecule has 0 saturated carbocycles. The molecule has 0 rings (SSSR count). The molecular weight excluding hydrogens is 1020 g/mol. The van der Waals surface area contributed by atoms with E-state index in [-0.39, 0.29) is 19.1 Å². The summed E-state index contributed by atoms with van der Waals surface area (Å²) < 4.78 is 23.8. The van der Waals surface area contributed by atoms with Crippen LogP contribution < -0.4 is 5.32 Å². The van der Waals surface area contributed by atoms with Crippen molar-refractivity contribution in [2.75, 3.05) is 40.9 Å². The van der Waals surface area contributed by atoms with Crippen molar-refractivity contribution in [3.63, 3.8) is 0 Å². The van der Waals surface area contributed by atoms with Gasteiger partial charge in [-0.2, -0.15) is 0 Å². The number of phosphoric ester groups is 1. The minimum absolute atomic E-state index is 0.0531. The summed E-state index contributed by atoms with van der Waals surface area (Å²) in [6.45, 7) is 4.71. The minimum Gasteiger partial charge on any atom is -0.387 e. The van der Waals surface area contributed by atoms with Crippen LogP contribution in [0.25, 0.3) is 0 Å². The first-order valence-corrected chi connectivity index (χ1v) is 35.3. The van der Waals surface area contributed by atoms with Crippen molar-refractivity contribution >= 4 is 13.7 Å². The molecule has 3 atom stereocenters. The number of carbonyl (C=O) groups is 1. The second-order valence-electron chi connectivity index (χ2n) is 23.8. The van der Waals surface area contributed by atoms with Gasteiger partial charge in [-0.15, -0.1) is 0 Å². The molecule has 0 radical (unpaired) electrons. The van der Waals surface area contributed by atoms with Crippen molar-refractivity contribution in [1.82, 2.24) is 5.32 Å². The average Bonchev–Trinajstić information content (AvgIpc) is 3.43. The van der Waals surface area contributed by atoms with Crippen LogP contribution in [-0.2, 0) is 18.4 Å². The lowest BCUT2D eigenvalue weighted by Crippen LogP contribution is -2.45. The van der Waals surface area contributed by atoms with Gasteiger partial charge in [-0.05, 0) is 83.5 Å². The molecule has 0 aromatic carbocycles. The van der Waals surface area contributed by atoms with Crippen LogP contribution in [0.15, 0.2) is 109 Å². The molecular formula is C72H130N2O6P+. The molecule has 3 N–H and O–H groups in total. The number of quaternary nitrogens is 1. The first kappa shape index (κ1) is 78.2. The Hall–Kier alpha value is -2.84. The number of nitrogens with zero attached hydrogens (tertiary/aromatic N) is 1. The molecule has 0 aliphatic heterocycles. The molecule has 9 heteroatoms. The number of aliphatic hydroxyl groups is 1. The zero-order valence-electron chi connectivity index (χ0n) is 53.5. The van der Waals surface area contributed by atoms with Gasteiger partial charge in [0.15, 0.2) is 0 Å². The summed E-state index contributed by atoms with van der Waals surface area (Å²) in [5.74, 6) is -0.193. The summed E-state index contributed by atoms with van der Waals surface area (Å²) in [6.07, 6.45) is 90.7. The lowest BCUT2D eigenvalue weighted by atomic mass is 10.0. The fourth-order valence-electron chi connectivity index (χ4n) is 9.53. The van der Waals surface area contributed by atoms with E-state index in [9.17, 15) is 19.4 Å². The van der Waals surface area contributed by atoms with Crippen LogP contribution in [0.5, 0.6) is 0 Å². The number of rotatable bonds is 61. The normalized spacial score (nSPS) is 14.4. The summed E-state index contributed by atoms with van der Waals surface area (Å²) >= 11 is 0. The topological polar surface area (TPSA) is 105 Å². The standard InChI is InChI=1S/C72H129N2O6P/c1-6-8-10-12-14-16-18-20-22-24-26-28-30-32-34-36-37-38-40-42-44-46-48-50-52-54-56-58-60-62-64-66-72(76)73-70(69-80-81(77,78)79-68-67-74(3,4)5)71(75)65-63-61-59-57-55-53-51-49-47-45-43-41-39-35-33-31-29-27-25-23-21-19-17-15-13-11-9-7-2/h8,10,14,16,20,22,26,28,32,34,37-38,42,44,48,50,63,65,70-71,75H,6-7,9,11-13,15,17-19,21,23-25,27,29-31,33,35-36,39-41,43,45-47,49,51-62,64,66-69H2,1-5H3,(H-,73,76,77,78)/p+1/b10-8-,16-14-,22-20-,28-26-,34-32-,38-37-,44-42-,50-48-,65-63+. The number of likely N-dealkylation sites (N-methyl/N-ethyl adjacent to an activating group) is 1. The summed E-state index contributed by atoms with van der Waals surface area (Å²) in [6, 6.07) is -0.865. The van der Waals surface area contributed by atoms with Crippen LogP contribution >= 0.6 is 7.82 Å². The van der Waals surface area contributed by atoms with Gasteiger partial charge < -0.3 is 19.8 Å². The summed E-state index contributed by atoms with van der Waals surface area (Å²) in [7, 11) is 1.55. The van der Waals surface area contributed by atoms with E-state index in [1.165, 1.54) is 167 Å². The maximum atomic E-state index is 13.0. The quantitative estimate of drug-likeness (QED) is 0.0243. The Balaban J connectivity index is 4.19. The lowest BCUT2D eigenvalue weighted by molar-refractivity contribution is -0.870. The van der Waals surface area contributed by atoms with E-state index in [4.69, 9.17) is 9.05 Å². The lowest BCUT2D eigenvalue weighted by Gasteiger charge is -2.25. The Kier molecular flexibility index (Phi) is 59.5. The molecule has 0 bridgehead atoms. The predicted octanol–water partition coefficient (Wildman–Crippen LogP) is 21.5. The highest BCUT2D eigenvalue weighted by Crippen LogP contribution is 2.43. The van der Waals surface area contributed by atoms with E-state index in [0.717, 1.165) is 103 Å². The van der Waals surface area contributed by atoms with Gasteiger partial charge in [0.2, 0.25) is 5.91 Å². The largest absolute Gasteiger partial charge is 0.472 e. The number of hydrogen-bond donors (Lipinski definition) is 3. The number of phosphoric acid groups is 1. The zero-order valence-corrected chi connectivity index (χ0v) is 54.4. The molecule has 8 nitrogen and oxygen atoms in total. The number of unbranched alkanes of at least 4 members (excludes halogenated alkanes) is 32. The molecule has 0 aliphatic rings. The van der Waals surface area contributed by atoms with E-state index >= 15 is 0 Å². The molecule has 0 spiro atoms. The van der Waals surface area contributed by atoms with E-state index in [1.807, 2.05) is 27.2 Å². The predicted molar refractivity (Wildman–Crippen MR) is 355 cm³/mol. The van der Waals surface area contributed by atoms with Gasteiger partial charge in [0.25, 0.3) is 0 Å². The molecule has 0 heterocycles. The van der Waals surface area contributed by atoms with Crippen molar-refractivity contribution in [3.8, 4) is 0 Å². The number of carbonyl (C=O) groups excluding carboxylic acids is 1. The number of nitrogens with one attached hydrogen (secondary N) is 1. The third-order valence-electron chi connectivity index (χ3n) is 14.7. The Labute approximate surface area is 501 Å². The molecule has 0 aromatic heterocycles. The Morgan fingerprint density at radius 2 is 0.741 bits per heavy atom. The Bertz CT molecular complexity index is 1690. The van der Waals surface area contributed by atoms with Crippen LogP contribution in [0.2, 0.25) is 0 Å². The van der Waals surface area contributed by atoms with Gasteiger partial charge >= 0.3 is 7.82 Å². The average molecular weight is 1150 g/mol. The molecule has 0 aliphatic carbocycles. The first-order valence-electron chi connectivity index (χ1n) is 33.8. The van der Waals surface area contributed by atoms with Gasteiger partial charge in [0.1, 0.15) is 13.2 Å². The third-order valence-corrected chi connectivity index (χ3v) is 15.7. The highest BCUT2D eigenvalue weighted by atomic mass is 31.2. The number of aliphatic hydroxyl groups excluding tert-OH is 1. The van der Waals surface area contributed by atoms with Crippen molar-refractivity contribution in [3.05, 3.63) is 109 Å². The van der Waals surface area contributed by atoms with E-state index in [1.54, 1.807) is 6.08 Å². The SMILES string of the molecule is CC/C=C\C/C=C\C/C=C\C/C=C\C/C=C\C/C=C\C/C=C\C/C=C\CCCCCCCCC(=O)NC(COP(=O)(O)OCC[N+](C)(C)C)C(O)/C=C/CCCCCCCCCCCCCCCCCCCCCCCCCCCC. The maximum absolute atomic E-state index is 13.0. The summed E-state index contributed by atoms with van der Waals surface area (Å²) in [5, 5.41) is 14.0. The van der Waals surface area contributed by atoms with Gasteiger partial charge in [-0.3, -0.25) is 13.8 Å². The first-order chi connectivity index (χ1) is 39.5. The van der Waals surface area contributed by atoms with Crippen LogP contribution in [-0.4, -0.2) is 73.4 Å². The Morgan fingerprint density at radius 3 is 1.09 bits per heavy atom. The smallest absolute Gasteiger partial charge is 0.387 e. The van der Waals surface area contributed by atoms with Crippen molar-refractivity contribution in [1.29, 1.82) is 0 Å². The second kappa shape index (κ2) is 61.7. The van der Waals surface area contributed by atoms with Crippen molar-refractivity contribution in [2.24, 2.45) is 0 Å². The highest BCUT2D eigenvalue weighted by Gasteiger charge is 2.28. The van der Waals surface area contributed by atoms with Gasteiger partial charge in [0, 0.05) is 6.42 Å². The molecule has 3 unspecified atom stereocenters. The minimum atomic E-state index is -4.37. The van der Waals surface area contributed by atoms with Crippen molar-refractivity contribution in [2.45, 2.75) is 302 Å². The van der Waals surface area contributed by atoms with Gasteiger partial charge in [-0.1, -0.05) is 309 Å². The monoisotopic (exact) mass is 1150 g/mol.